The molecule has 0 nitrogen and oxygen atoms in total. The molecule has 0 bridgehead atoms. The van der Waals surface area contributed by atoms with Gasteiger partial charge in [-0.25, -0.2) is 0 Å². The maximum atomic E-state index is 4.07. The third kappa shape index (κ3) is 4.97. The molecular weight excluding hydrogens is 228 g/mol. The zero-order chi connectivity index (χ0) is 13.5. The van der Waals surface area contributed by atoms with Crippen molar-refractivity contribution in [1.29, 1.82) is 0 Å². The van der Waals surface area contributed by atoms with Gasteiger partial charge in [-0.2, -0.15) is 0 Å². The fourth-order valence-electron chi connectivity index (χ4n) is 4.63. The van der Waals surface area contributed by atoms with Gasteiger partial charge in [0.2, 0.25) is 0 Å². The molecule has 110 valence electrons. The average molecular weight is 262 g/mol. The Morgan fingerprint density at radius 3 is 2.37 bits per heavy atom. The minimum atomic E-state index is 1.05. The Labute approximate surface area is 121 Å². The molecule has 0 N–H and O–H groups in total. The van der Waals surface area contributed by atoms with Crippen molar-refractivity contribution in [1.82, 2.24) is 0 Å². The average Bonchev–Trinajstić information content (AvgIpc) is 2.84. The monoisotopic (exact) mass is 262 g/mol. The standard InChI is InChI=1S/C19H34/c1-16(2)10-8-13-17-11-6-4-3-5-7-12-18-14-9-15-19(17)18/h17-19H,1,3-15H2,2H3. The Morgan fingerprint density at radius 1 is 0.895 bits per heavy atom. The van der Waals surface area contributed by atoms with Crippen molar-refractivity contribution in [2.75, 3.05) is 0 Å². The molecule has 2 aliphatic carbocycles. The summed E-state index contributed by atoms with van der Waals surface area (Å²) in [5.41, 5.74) is 1.38. The zero-order valence-electron chi connectivity index (χ0n) is 13.1. The maximum absolute atomic E-state index is 4.07. The summed E-state index contributed by atoms with van der Waals surface area (Å²) in [5, 5.41) is 0. The number of hydrogen-bond acceptors (Lipinski definition) is 0. The van der Waals surface area contributed by atoms with E-state index in [9.17, 15) is 0 Å². The van der Waals surface area contributed by atoms with Crippen molar-refractivity contribution in [2.24, 2.45) is 17.8 Å². The lowest BCUT2D eigenvalue weighted by Gasteiger charge is -2.30. The van der Waals surface area contributed by atoms with Crippen LogP contribution in [-0.2, 0) is 0 Å². The third-order valence-corrected chi connectivity index (χ3v) is 5.65. The molecule has 0 aliphatic heterocycles. The fraction of sp³-hybridized carbons (Fsp3) is 0.895. The van der Waals surface area contributed by atoms with Crippen molar-refractivity contribution in [3.63, 3.8) is 0 Å². The van der Waals surface area contributed by atoms with Crippen molar-refractivity contribution in [2.45, 2.75) is 90.4 Å². The molecule has 2 fully saturated rings. The highest BCUT2D eigenvalue weighted by molar-refractivity contribution is 4.89. The lowest BCUT2D eigenvalue weighted by Crippen LogP contribution is -2.20. The largest absolute Gasteiger partial charge is 0.100 e. The van der Waals surface area contributed by atoms with Gasteiger partial charge in [0.15, 0.2) is 0 Å². The minimum absolute atomic E-state index is 1.05. The van der Waals surface area contributed by atoms with E-state index >= 15 is 0 Å². The van der Waals surface area contributed by atoms with E-state index in [0.29, 0.717) is 0 Å². The van der Waals surface area contributed by atoms with Gasteiger partial charge in [-0.05, 0) is 50.4 Å². The van der Waals surface area contributed by atoms with Crippen molar-refractivity contribution >= 4 is 0 Å². The molecule has 0 amide bonds. The van der Waals surface area contributed by atoms with E-state index in [1.807, 2.05) is 0 Å². The Bertz CT molecular complexity index is 265. The van der Waals surface area contributed by atoms with Gasteiger partial charge in [0, 0.05) is 0 Å². The summed E-state index contributed by atoms with van der Waals surface area (Å²) in [6, 6.07) is 0. The van der Waals surface area contributed by atoms with Gasteiger partial charge in [-0.15, -0.1) is 6.58 Å². The molecule has 0 radical (unpaired) electrons. The molecular formula is C19H34. The summed E-state index contributed by atoms with van der Waals surface area (Å²) in [5.74, 6) is 3.22. The first kappa shape index (κ1) is 15.1. The quantitative estimate of drug-likeness (QED) is 0.507. The van der Waals surface area contributed by atoms with Crippen LogP contribution in [0.3, 0.4) is 0 Å². The molecule has 2 rings (SSSR count). The minimum Gasteiger partial charge on any atom is -0.100 e. The predicted octanol–water partition coefficient (Wildman–Crippen LogP) is 6.51. The van der Waals surface area contributed by atoms with Crippen LogP contribution in [0.2, 0.25) is 0 Å². The third-order valence-electron chi connectivity index (χ3n) is 5.65. The van der Waals surface area contributed by atoms with Crippen LogP contribution in [-0.4, -0.2) is 0 Å². The molecule has 2 saturated carbocycles. The van der Waals surface area contributed by atoms with Crippen LogP contribution in [0.4, 0.5) is 0 Å². The lowest BCUT2D eigenvalue weighted by molar-refractivity contribution is 0.207. The van der Waals surface area contributed by atoms with E-state index in [-0.39, 0.29) is 0 Å². The van der Waals surface area contributed by atoms with Crippen molar-refractivity contribution in [3.05, 3.63) is 12.2 Å². The second-order valence-electron chi connectivity index (χ2n) is 7.31. The van der Waals surface area contributed by atoms with E-state index in [1.165, 1.54) is 69.8 Å². The van der Waals surface area contributed by atoms with Gasteiger partial charge < -0.3 is 0 Å². The fourth-order valence-corrected chi connectivity index (χ4v) is 4.63. The van der Waals surface area contributed by atoms with Crippen LogP contribution in [0.15, 0.2) is 12.2 Å². The van der Waals surface area contributed by atoms with Gasteiger partial charge in [0.25, 0.3) is 0 Å². The highest BCUT2D eigenvalue weighted by Gasteiger charge is 2.32. The molecule has 3 unspecified atom stereocenters. The summed E-state index contributed by atoms with van der Waals surface area (Å²) in [7, 11) is 0. The predicted molar refractivity (Wildman–Crippen MR) is 85.3 cm³/mol. The Kier molecular flexibility index (Phi) is 6.47. The zero-order valence-corrected chi connectivity index (χ0v) is 13.1. The van der Waals surface area contributed by atoms with Gasteiger partial charge >= 0.3 is 0 Å². The molecule has 0 saturated heterocycles. The van der Waals surface area contributed by atoms with Crippen LogP contribution in [0.5, 0.6) is 0 Å². The first-order chi connectivity index (χ1) is 9.27. The summed E-state index contributed by atoms with van der Waals surface area (Å²) in [6.45, 7) is 6.25. The van der Waals surface area contributed by atoms with Crippen LogP contribution < -0.4 is 0 Å². The second-order valence-corrected chi connectivity index (χ2v) is 7.31. The van der Waals surface area contributed by atoms with E-state index in [4.69, 9.17) is 0 Å². The molecule has 0 aromatic heterocycles. The highest BCUT2D eigenvalue weighted by atomic mass is 14.4. The molecule has 0 aromatic carbocycles. The smallest absolute Gasteiger partial charge is 0.0326 e. The summed E-state index contributed by atoms with van der Waals surface area (Å²) in [6.07, 6.45) is 19.3. The summed E-state index contributed by atoms with van der Waals surface area (Å²) < 4.78 is 0. The number of rotatable bonds is 4. The molecule has 3 atom stereocenters. The van der Waals surface area contributed by atoms with Gasteiger partial charge in [-0.3, -0.25) is 0 Å². The van der Waals surface area contributed by atoms with Crippen LogP contribution in [0.25, 0.3) is 0 Å². The molecule has 19 heavy (non-hydrogen) atoms. The maximum Gasteiger partial charge on any atom is -0.0326 e. The van der Waals surface area contributed by atoms with Crippen molar-refractivity contribution < 1.29 is 0 Å². The molecule has 2 aliphatic rings. The Morgan fingerprint density at radius 2 is 1.58 bits per heavy atom. The van der Waals surface area contributed by atoms with E-state index < -0.39 is 0 Å². The second kappa shape index (κ2) is 8.12. The topological polar surface area (TPSA) is 0 Å². The number of fused-ring (bicyclic) bond motifs is 1. The van der Waals surface area contributed by atoms with Crippen LogP contribution in [0, 0.1) is 17.8 Å². The normalized spacial score (nSPS) is 32.8. The summed E-state index contributed by atoms with van der Waals surface area (Å²) in [4.78, 5) is 0. The lowest BCUT2D eigenvalue weighted by atomic mass is 9.75. The van der Waals surface area contributed by atoms with Crippen LogP contribution in [0.1, 0.15) is 90.4 Å². The number of allylic oxidation sites excluding steroid dienone is 1. The highest BCUT2D eigenvalue weighted by Crippen LogP contribution is 2.44. The Balaban J connectivity index is 1.88. The molecule has 0 aromatic rings. The first-order valence-electron chi connectivity index (χ1n) is 8.92. The van der Waals surface area contributed by atoms with E-state index in [0.717, 1.165) is 17.8 Å². The Hall–Kier alpha value is -0.260. The van der Waals surface area contributed by atoms with E-state index in [1.54, 1.807) is 19.3 Å². The van der Waals surface area contributed by atoms with Gasteiger partial charge in [-0.1, -0.05) is 63.4 Å². The number of hydrogen-bond donors (Lipinski definition) is 0. The van der Waals surface area contributed by atoms with Crippen molar-refractivity contribution in [3.8, 4) is 0 Å². The SMILES string of the molecule is C=C(C)CCCC1CCCCCCCC2CCCC12. The molecule has 0 heterocycles. The summed E-state index contributed by atoms with van der Waals surface area (Å²) >= 11 is 0. The molecule has 0 spiro atoms. The van der Waals surface area contributed by atoms with Gasteiger partial charge in [0.05, 0.1) is 0 Å². The first-order valence-corrected chi connectivity index (χ1v) is 8.92. The van der Waals surface area contributed by atoms with Gasteiger partial charge in [0.1, 0.15) is 0 Å². The molecule has 0 heteroatoms. The van der Waals surface area contributed by atoms with E-state index in [2.05, 4.69) is 13.5 Å². The van der Waals surface area contributed by atoms with Crippen LogP contribution >= 0.6 is 0 Å².